The summed E-state index contributed by atoms with van der Waals surface area (Å²) in [5.74, 6) is 0.747. The Morgan fingerprint density at radius 1 is 1.02 bits per heavy atom. The summed E-state index contributed by atoms with van der Waals surface area (Å²) >= 11 is 0. The predicted octanol–water partition coefficient (Wildman–Crippen LogP) is 7.32. The van der Waals surface area contributed by atoms with Crippen molar-refractivity contribution in [2.75, 3.05) is 19.6 Å². The molecule has 4 atom stereocenters. The van der Waals surface area contributed by atoms with Crippen molar-refractivity contribution in [3.63, 3.8) is 0 Å². The van der Waals surface area contributed by atoms with E-state index in [1.54, 1.807) is 6.07 Å². The van der Waals surface area contributed by atoms with Crippen LogP contribution in [0.2, 0.25) is 0 Å². The van der Waals surface area contributed by atoms with E-state index >= 15 is 0 Å². The molecule has 42 heavy (non-hydrogen) atoms. The molecular formula is C36H46FN3O2. The third kappa shape index (κ3) is 6.80. The summed E-state index contributed by atoms with van der Waals surface area (Å²) in [6.45, 7) is 6.13. The fourth-order valence-corrected chi connectivity index (χ4v) is 8.05. The van der Waals surface area contributed by atoms with Gasteiger partial charge in [-0.1, -0.05) is 55.3 Å². The Hall–Kier alpha value is -2.99. The quantitative estimate of drug-likeness (QED) is 0.248. The molecule has 0 amide bonds. The van der Waals surface area contributed by atoms with Gasteiger partial charge in [-0.15, -0.1) is 0 Å². The molecule has 2 heterocycles. The van der Waals surface area contributed by atoms with Crippen LogP contribution in [0.4, 0.5) is 4.39 Å². The summed E-state index contributed by atoms with van der Waals surface area (Å²) in [5.41, 5.74) is 5.23. The van der Waals surface area contributed by atoms with Crippen LogP contribution < -0.4 is 0 Å². The number of piperidine rings is 1. The molecule has 1 aliphatic heterocycles. The average molecular weight is 572 g/mol. The Morgan fingerprint density at radius 2 is 1.81 bits per heavy atom. The van der Waals surface area contributed by atoms with E-state index in [1.807, 2.05) is 6.07 Å². The topological polar surface area (TPSA) is 58.4 Å². The standard InChI is InChI=1S/C36H46FN3O2/c1-2-40-35(29(23-38-40)14-13-25-7-4-3-5-8-25)27-15-17-39(18-16-27)24-31-20-30(34(36(41)42)19-26-11-12-26)22-33(31)28-9-6-10-32(37)21-28/h3-10,21,23,26-27,30-31,33-34H,2,11-20,22,24H2,1H3,(H,41,42)/t30?,31-,33-,34?/m1/s1. The molecule has 3 fully saturated rings. The lowest BCUT2D eigenvalue weighted by atomic mass is 9.85. The molecule has 2 unspecified atom stereocenters. The van der Waals surface area contributed by atoms with Crippen LogP contribution in [0.15, 0.2) is 60.8 Å². The summed E-state index contributed by atoms with van der Waals surface area (Å²) in [6, 6.07) is 17.8. The Morgan fingerprint density at radius 3 is 2.50 bits per heavy atom. The van der Waals surface area contributed by atoms with Crippen molar-refractivity contribution in [2.45, 2.75) is 83.1 Å². The first-order valence-corrected chi connectivity index (χ1v) is 16.3. The predicted molar refractivity (Wildman–Crippen MR) is 164 cm³/mol. The van der Waals surface area contributed by atoms with Crippen molar-refractivity contribution in [3.05, 3.63) is 89.0 Å². The van der Waals surface area contributed by atoms with Gasteiger partial charge in [0.2, 0.25) is 0 Å². The van der Waals surface area contributed by atoms with Crippen LogP contribution >= 0.6 is 0 Å². The molecule has 0 spiro atoms. The van der Waals surface area contributed by atoms with Gasteiger partial charge in [-0.2, -0.15) is 5.10 Å². The normalized spacial score (nSPS) is 24.2. The first kappa shape index (κ1) is 29.1. The minimum absolute atomic E-state index is 0.171. The fourth-order valence-electron chi connectivity index (χ4n) is 8.05. The van der Waals surface area contributed by atoms with Gasteiger partial charge in [-0.3, -0.25) is 9.48 Å². The van der Waals surface area contributed by atoms with Crippen molar-refractivity contribution < 1.29 is 14.3 Å². The number of nitrogens with zero attached hydrogens (tertiary/aromatic N) is 3. The second-order valence-corrected chi connectivity index (χ2v) is 13.2. The summed E-state index contributed by atoms with van der Waals surface area (Å²) in [5, 5.41) is 14.9. The van der Waals surface area contributed by atoms with Crippen LogP contribution in [0.3, 0.4) is 0 Å². The van der Waals surface area contributed by atoms with E-state index < -0.39 is 5.97 Å². The summed E-state index contributed by atoms with van der Waals surface area (Å²) in [7, 11) is 0. The van der Waals surface area contributed by atoms with Crippen molar-refractivity contribution >= 4 is 5.97 Å². The van der Waals surface area contributed by atoms with Gasteiger partial charge in [0, 0.05) is 24.7 Å². The number of rotatable bonds is 12. The molecule has 224 valence electrons. The maximum atomic E-state index is 14.3. The summed E-state index contributed by atoms with van der Waals surface area (Å²) in [4.78, 5) is 14.9. The van der Waals surface area contributed by atoms with E-state index in [4.69, 9.17) is 5.10 Å². The Balaban J connectivity index is 1.12. The number of aromatic nitrogens is 2. The van der Waals surface area contributed by atoms with Gasteiger partial charge in [0.25, 0.3) is 0 Å². The summed E-state index contributed by atoms with van der Waals surface area (Å²) < 4.78 is 16.5. The number of likely N-dealkylation sites (tertiary alicyclic amines) is 1. The lowest BCUT2D eigenvalue weighted by Crippen LogP contribution is -2.37. The zero-order valence-electron chi connectivity index (χ0n) is 25.0. The first-order valence-electron chi connectivity index (χ1n) is 16.3. The lowest BCUT2D eigenvalue weighted by molar-refractivity contribution is -0.144. The molecule has 0 bridgehead atoms. The third-order valence-corrected chi connectivity index (χ3v) is 10.4. The number of carboxylic acid groups (broad SMARTS) is 1. The maximum Gasteiger partial charge on any atom is 0.306 e. The molecule has 1 saturated heterocycles. The number of carboxylic acids is 1. The number of aryl methyl sites for hydroxylation is 3. The van der Waals surface area contributed by atoms with Crippen molar-refractivity contribution in [1.29, 1.82) is 0 Å². The molecule has 3 aliphatic rings. The van der Waals surface area contributed by atoms with E-state index in [9.17, 15) is 14.3 Å². The van der Waals surface area contributed by atoms with Crippen molar-refractivity contribution in [2.24, 2.45) is 23.7 Å². The number of aliphatic carboxylic acids is 1. The second kappa shape index (κ2) is 13.1. The number of carbonyl (C=O) groups is 1. The second-order valence-electron chi connectivity index (χ2n) is 13.2. The molecule has 2 aromatic carbocycles. The highest BCUT2D eigenvalue weighted by Crippen LogP contribution is 2.49. The van der Waals surface area contributed by atoms with E-state index in [0.717, 1.165) is 76.7 Å². The van der Waals surface area contributed by atoms with Crippen LogP contribution in [0.5, 0.6) is 0 Å². The molecule has 6 rings (SSSR count). The summed E-state index contributed by atoms with van der Waals surface area (Å²) in [6.07, 6.45) is 11.3. The van der Waals surface area contributed by atoms with E-state index in [1.165, 1.54) is 35.7 Å². The molecule has 6 heteroatoms. The van der Waals surface area contributed by atoms with Crippen LogP contribution in [-0.2, 0) is 24.2 Å². The van der Waals surface area contributed by atoms with Crippen LogP contribution in [0.1, 0.15) is 86.1 Å². The zero-order chi connectivity index (χ0) is 29.1. The number of benzene rings is 2. The van der Waals surface area contributed by atoms with Crippen LogP contribution in [-0.4, -0.2) is 45.4 Å². The fraction of sp³-hybridized carbons (Fsp3) is 0.556. The van der Waals surface area contributed by atoms with Crippen LogP contribution in [0, 0.1) is 29.5 Å². The molecular weight excluding hydrogens is 525 g/mol. The van der Waals surface area contributed by atoms with Gasteiger partial charge in [0.1, 0.15) is 5.82 Å². The van der Waals surface area contributed by atoms with Crippen molar-refractivity contribution in [3.8, 4) is 0 Å². The highest BCUT2D eigenvalue weighted by Gasteiger charge is 2.43. The molecule has 1 N–H and O–H groups in total. The molecule has 2 saturated carbocycles. The highest BCUT2D eigenvalue weighted by atomic mass is 19.1. The van der Waals surface area contributed by atoms with Gasteiger partial charge in [-0.25, -0.2) is 4.39 Å². The SMILES string of the molecule is CCn1ncc(CCc2ccccc2)c1C1CCN(C[C@H]2CC(C(CC3CC3)C(=O)O)C[C@@H]2c2cccc(F)c2)CC1. The largest absolute Gasteiger partial charge is 0.481 e. The van der Waals surface area contributed by atoms with E-state index in [2.05, 4.69) is 59.1 Å². The molecule has 2 aliphatic carbocycles. The van der Waals surface area contributed by atoms with E-state index in [-0.39, 0.29) is 23.6 Å². The van der Waals surface area contributed by atoms with Gasteiger partial charge < -0.3 is 10.0 Å². The number of halogens is 1. The number of hydrogen-bond donors (Lipinski definition) is 1. The van der Waals surface area contributed by atoms with Gasteiger partial charge in [0.05, 0.1) is 12.1 Å². The number of hydrogen-bond acceptors (Lipinski definition) is 3. The molecule has 1 aromatic heterocycles. The maximum absolute atomic E-state index is 14.3. The average Bonchev–Trinajstić information content (AvgIpc) is 3.59. The minimum Gasteiger partial charge on any atom is -0.481 e. The Labute approximate surface area is 250 Å². The Bertz CT molecular complexity index is 1330. The molecule has 3 aromatic rings. The highest BCUT2D eigenvalue weighted by molar-refractivity contribution is 5.70. The first-order chi connectivity index (χ1) is 20.5. The van der Waals surface area contributed by atoms with Gasteiger partial charge >= 0.3 is 5.97 Å². The molecule has 0 radical (unpaired) electrons. The minimum atomic E-state index is -0.637. The van der Waals surface area contributed by atoms with Gasteiger partial charge in [-0.05, 0) is 117 Å². The molecule has 5 nitrogen and oxygen atoms in total. The van der Waals surface area contributed by atoms with Gasteiger partial charge in [0.15, 0.2) is 0 Å². The smallest absolute Gasteiger partial charge is 0.306 e. The lowest BCUT2D eigenvalue weighted by Gasteiger charge is -2.35. The third-order valence-electron chi connectivity index (χ3n) is 10.4. The van der Waals surface area contributed by atoms with Crippen LogP contribution in [0.25, 0.3) is 0 Å². The monoisotopic (exact) mass is 571 g/mol. The van der Waals surface area contributed by atoms with E-state index in [0.29, 0.717) is 17.8 Å². The Kier molecular flexibility index (Phi) is 9.09. The van der Waals surface area contributed by atoms with Crippen molar-refractivity contribution in [1.82, 2.24) is 14.7 Å². The zero-order valence-corrected chi connectivity index (χ0v) is 25.0.